The van der Waals surface area contributed by atoms with Crippen molar-refractivity contribution >= 4 is 11.6 Å². The van der Waals surface area contributed by atoms with Crippen molar-refractivity contribution in [3.63, 3.8) is 0 Å². The molecule has 1 N–H and O–H groups in total. The molecule has 0 aliphatic carbocycles. The zero-order chi connectivity index (χ0) is 20.8. The first kappa shape index (κ1) is 21.1. The highest BCUT2D eigenvalue weighted by Crippen LogP contribution is 2.23. The fourth-order valence-corrected chi connectivity index (χ4v) is 3.61. The largest absolute Gasteiger partial charge is 0.368 e. The molecule has 0 bridgehead atoms. The van der Waals surface area contributed by atoms with Gasteiger partial charge < -0.3 is 19.6 Å². The fourth-order valence-electron chi connectivity index (χ4n) is 3.61. The average molecular weight is 399 g/mol. The minimum atomic E-state index is 0.298. The summed E-state index contributed by atoms with van der Waals surface area (Å²) in [6.07, 6.45) is 1.71. The topological polar surface area (TPSA) is 69.8 Å². The first-order chi connectivity index (χ1) is 14.0. The lowest BCUT2D eigenvalue weighted by molar-refractivity contribution is 0.363. The number of aromatic nitrogens is 2. The zero-order valence-electron chi connectivity index (χ0n) is 18.4. The maximum absolute atomic E-state index is 5.31. The Morgan fingerprint density at radius 1 is 1.21 bits per heavy atom. The molecule has 1 saturated heterocycles. The van der Waals surface area contributed by atoms with E-state index in [9.17, 15) is 0 Å². The second-order valence-electron chi connectivity index (χ2n) is 7.97. The van der Waals surface area contributed by atoms with Crippen LogP contribution in [0.15, 0.2) is 27.7 Å². The molecule has 0 amide bonds. The van der Waals surface area contributed by atoms with Gasteiger partial charge in [0.25, 0.3) is 0 Å². The summed E-state index contributed by atoms with van der Waals surface area (Å²) < 4.78 is 5.31. The molecule has 1 aromatic carbocycles. The first-order valence-electron chi connectivity index (χ1n) is 10.6. The number of anilines is 1. The van der Waals surface area contributed by atoms with Crippen molar-refractivity contribution in [3.05, 3.63) is 41.0 Å². The maximum atomic E-state index is 5.31. The molecule has 0 atom stereocenters. The highest BCUT2D eigenvalue weighted by atomic mass is 16.5. The second kappa shape index (κ2) is 9.76. The number of nitrogens with one attached hydrogen (secondary N) is 1. The summed E-state index contributed by atoms with van der Waals surface area (Å²) in [6, 6.07) is 6.56. The van der Waals surface area contributed by atoms with Crippen LogP contribution in [0.25, 0.3) is 0 Å². The highest BCUT2D eigenvalue weighted by Gasteiger charge is 2.21. The van der Waals surface area contributed by atoms with Crippen molar-refractivity contribution in [3.8, 4) is 0 Å². The summed E-state index contributed by atoms with van der Waals surface area (Å²) in [6.45, 7) is 13.3. The fraction of sp³-hybridized carbons (Fsp3) is 0.591. The van der Waals surface area contributed by atoms with Gasteiger partial charge in [-0.1, -0.05) is 31.1 Å². The Kier molecular flexibility index (Phi) is 7.12. The van der Waals surface area contributed by atoms with Gasteiger partial charge in [0.15, 0.2) is 11.8 Å². The SMILES string of the molecule is CN=C(NCCCc1nc(C(C)C)no1)N1CCN(c2cccc(C)c2C)CC1. The number of hydrogen-bond donors (Lipinski definition) is 1. The van der Waals surface area contributed by atoms with E-state index in [4.69, 9.17) is 4.52 Å². The first-order valence-corrected chi connectivity index (χ1v) is 10.6. The molecule has 1 aromatic heterocycles. The molecule has 1 aliphatic rings. The van der Waals surface area contributed by atoms with E-state index in [1.165, 1.54) is 16.8 Å². The van der Waals surface area contributed by atoms with Crippen LogP contribution in [0.2, 0.25) is 0 Å². The molecule has 0 saturated carbocycles. The standard InChI is InChI=1S/C22H34N6O/c1-16(2)21-25-20(29-26-21)10-7-11-24-22(23-5)28-14-12-27(13-15-28)19-9-6-8-17(3)18(19)4/h6,8-9,16H,7,10-15H2,1-5H3,(H,23,24). The van der Waals surface area contributed by atoms with Crippen LogP contribution in [0.1, 0.15) is 49.0 Å². The minimum Gasteiger partial charge on any atom is -0.368 e. The zero-order valence-corrected chi connectivity index (χ0v) is 18.4. The smallest absolute Gasteiger partial charge is 0.226 e. The van der Waals surface area contributed by atoms with Gasteiger partial charge in [-0.15, -0.1) is 0 Å². The molecule has 3 rings (SSSR count). The quantitative estimate of drug-likeness (QED) is 0.458. The monoisotopic (exact) mass is 398 g/mol. The van der Waals surface area contributed by atoms with E-state index in [1.807, 2.05) is 7.05 Å². The number of guanidine groups is 1. The van der Waals surface area contributed by atoms with Gasteiger partial charge in [0, 0.05) is 57.8 Å². The summed E-state index contributed by atoms with van der Waals surface area (Å²) >= 11 is 0. The Labute approximate surface area is 174 Å². The van der Waals surface area contributed by atoms with Crippen LogP contribution in [0.4, 0.5) is 5.69 Å². The Balaban J connectivity index is 1.44. The third-order valence-electron chi connectivity index (χ3n) is 5.56. The Hall–Kier alpha value is -2.57. The van der Waals surface area contributed by atoms with E-state index in [2.05, 4.69) is 76.1 Å². The predicted octanol–water partition coefficient (Wildman–Crippen LogP) is 3.14. The third-order valence-corrected chi connectivity index (χ3v) is 5.56. The van der Waals surface area contributed by atoms with Crippen LogP contribution in [0.5, 0.6) is 0 Å². The molecule has 7 nitrogen and oxygen atoms in total. The van der Waals surface area contributed by atoms with E-state index in [1.54, 1.807) is 0 Å². The normalized spacial score (nSPS) is 15.3. The van der Waals surface area contributed by atoms with E-state index >= 15 is 0 Å². The molecule has 1 aliphatic heterocycles. The summed E-state index contributed by atoms with van der Waals surface area (Å²) in [4.78, 5) is 13.7. The number of benzene rings is 1. The molecule has 7 heteroatoms. The maximum Gasteiger partial charge on any atom is 0.226 e. The predicted molar refractivity (Wildman–Crippen MR) is 118 cm³/mol. The number of piperazine rings is 1. The van der Waals surface area contributed by atoms with Gasteiger partial charge in [0.2, 0.25) is 5.89 Å². The van der Waals surface area contributed by atoms with Gasteiger partial charge in [-0.3, -0.25) is 4.99 Å². The van der Waals surface area contributed by atoms with Gasteiger partial charge in [-0.2, -0.15) is 4.98 Å². The molecule has 0 unspecified atom stereocenters. The molecule has 0 radical (unpaired) electrons. The van der Waals surface area contributed by atoms with Gasteiger partial charge in [0.05, 0.1) is 0 Å². The third kappa shape index (κ3) is 5.28. The van der Waals surface area contributed by atoms with Crippen LogP contribution >= 0.6 is 0 Å². The Morgan fingerprint density at radius 2 is 1.97 bits per heavy atom. The lowest BCUT2D eigenvalue weighted by Gasteiger charge is -2.38. The van der Waals surface area contributed by atoms with E-state index in [-0.39, 0.29) is 0 Å². The molecule has 1 fully saturated rings. The number of aryl methyl sites for hydroxylation is 2. The summed E-state index contributed by atoms with van der Waals surface area (Å²) in [5.74, 6) is 2.77. The van der Waals surface area contributed by atoms with E-state index < -0.39 is 0 Å². The van der Waals surface area contributed by atoms with Crippen molar-refractivity contribution in [1.29, 1.82) is 0 Å². The number of aliphatic imine (C=N–C) groups is 1. The van der Waals surface area contributed by atoms with Crippen molar-refractivity contribution in [2.75, 3.05) is 44.7 Å². The number of hydrogen-bond acceptors (Lipinski definition) is 5. The van der Waals surface area contributed by atoms with E-state index in [0.29, 0.717) is 11.8 Å². The van der Waals surface area contributed by atoms with Crippen molar-refractivity contribution < 1.29 is 4.52 Å². The van der Waals surface area contributed by atoms with Crippen LogP contribution in [0.3, 0.4) is 0 Å². The van der Waals surface area contributed by atoms with Crippen molar-refractivity contribution in [2.45, 2.75) is 46.5 Å². The Morgan fingerprint density at radius 3 is 2.62 bits per heavy atom. The van der Waals surface area contributed by atoms with Crippen molar-refractivity contribution in [2.24, 2.45) is 4.99 Å². The van der Waals surface area contributed by atoms with Crippen LogP contribution in [-0.4, -0.2) is 60.8 Å². The summed E-state index contributed by atoms with van der Waals surface area (Å²) in [5, 5.41) is 7.50. The molecule has 2 aromatic rings. The van der Waals surface area contributed by atoms with E-state index in [0.717, 1.165) is 57.3 Å². The second-order valence-corrected chi connectivity index (χ2v) is 7.97. The van der Waals surface area contributed by atoms with Crippen LogP contribution in [-0.2, 0) is 6.42 Å². The lowest BCUT2D eigenvalue weighted by atomic mass is 10.1. The summed E-state index contributed by atoms with van der Waals surface area (Å²) in [7, 11) is 1.85. The molecule has 2 heterocycles. The van der Waals surface area contributed by atoms with Gasteiger partial charge in [0.1, 0.15) is 0 Å². The van der Waals surface area contributed by atoms with Gasteiger partial charge in [-0.25, -0.2) is 0 Å². The number of rotatable bonds is 6. The molecule has 29 heavy (non-hydrogen) atoms. The molecule has 0 spiro atoms. The van der Waals surface area contributed by atoms with Gasteiger partial charge in [-0.05, 0) is 37.5 Å². The Bertz CT molecular complexity index is 820. The van der Waals surface area contributed by atoms with Crippen LogP contribution < -0.4 is 10.2 Å². The lowest BCUT2D eigenvalue weighted by Crippen LogP contribution is -2.52. The molecule has 158 valence electrons. The molecular weight excluding hydrogens is 364 g/mol. The highest BCUT2D eigenvalue weighted by molar-refractivity contribution is 5.80. The average Bonchev–Trinajstić information content (AvgIpc) is 3.20. The number of nitrogens with zero attached hydrogens (tertiary/aromatic N) is 5. The van der Waals surface area contributed by atoms with Crippen molar-refractivity contribution in [1.82, 2.24) is 20.4 Å². The minimum absolute atomic E-state index is 0.298. The van der Waals surface area contributed by atoms with Crippen LogP contribution in [0, 0.1) is 13.8 Å². The molecular formula is C22H34N6O. The van der Waals surface area contributed by atoms with Gasteiger partial charge >= 0.3 is 0 Å². The summed E-state index contributed by atoms with van der Waals surface area (Å²) in [5.41, 5.74) is 4.09.